The molecule has 0 bridgehead atoms. The van der Waals surface area contributed by atoms with Crippen LogP contribution in [0.15, 0.2) is 18.2 Å². The molecule has 0 unspecified atom stereocenters. The molecule has 0 aromatic heterocycles. The highest BCUT2D eigenvalue weighted by atomic mass is 19.1. The van der Waals surface area contributed by atoms with Crippen molar-refractivity contribution in [1.82, 2.24) is 5.32 Å². The predicted octanol–water partition coefficient (Wildman–Crippen LogP) is 3.49. The Labute approximate surface area is 116 Å². The molecule has 2 nitrogen and oxygen atoms in total. The fourth-order valence-electron chi connectivity index (χ4n) is 2.92. The Kier molecular flexibility index (Phi) is 4.46. The summed E-state index contributed by atoms with van der Waals surface area (Å²) in [6.07, 6.45) is 3.22. The summed E-state index contributed by atoms with van der Waals surface area (Å²) in [5, 5.41) is 3.66. The van der Waals surface area contributed by atoms with E-state index in [1.165, 1.54) is 0 Å². The smallest absolute Gasteiger partial charge is 0.146 e. The van der Waals surface area contributed by atoms with Crippen LogP contribution in [0.1, 0.15) is 38.7 Å². The lowest BCUT2D eigenvalue weighted by molar-refractivity contribution is 0.321. The maximum atomic E-state index is 14.1. The van der Waals surface area contributed by atoms with Crippen LogP contribution >= 0.6 is 0 Å². The second kappa shape index (κ2) is 5.91. The Hall–Kier alpha value is -1.09. The number of halogens is 1. The van der Waals surface area contributed by atoms with Crippen molar-refractivity contribution >= 4 is 5.69 Å². The van der Waals surface area contributed by atoms with Crippen LogP contribution in [0, 0.1) is 12.7 Å². The number of nitrogens with one attached hydrogen (secondary N) is 1. The lowest BCUT2D eigenvalue weighted by Gasteiger charge is -2.36. The van der Waals surface area contributed by atoms with Crippen LogP contribution in [0.3, 0.4) is 0 Å². The van der Waals surface area contributed by atoms with Gasteiger partial charge in [-0.1, -0.05) is 19.9 Å². The van der Waals surface area contributed by atoms with Gasteiger partial charge in [-0.3, -0.25) is 0 Å². The molecule has 0 amide bonds. The van der Waals surface area contributed by atoms with Gasteiger partial charge in [0.1, 0.15) is 5.82 Å². The largest absolute Gasteiger partial charge is 0.367 e. The fourth-order valence-corrected chi connectivity index (χ4v) is 2.92. The molecule has 1 N–H and O–H groups in total. The van der Waals surface area contributed by atoms with Gasteiger partial charge in [-0.15, -0.1) is 0 Å². The van der Waals surface area contributed by atoms with E-state index in [1.807, 2.05) is 19.1 Å². The highest BCUT2D eigenvalue weighted by Crippen LogP contribution is 2.27. The van der Waals surface area contributed by atoms with E-state index in [0.717, 1.165) is 50.1 Å². The number of hydrogen-bond acceptors (Lipinski definition) is 2. The average Bonchev–Trinajstić information content (AvgIpc) is 2.64. The van der Waals surface area contributed by atoms with Crippen LogP contribution in [0.25, 0.3) is 0 Å². The van der Waals surface area contributed by atoms with Gasteiger partial charge in [0.15, 0.2) is 0 Å². The molecular weight excluding hydrogens is 239 g/mol. The summed E-state index contributed by atoms with van der Waals surface area (Å²) >= 11 is 0. The van der Waals surface area contributed by atoms with E-state index in [9.17, 15) is 4.39 Å². The van der Waals surface area contributed by atoms with Gasteiger partial charge in [-0.2, -0.15) is 0 Å². The topological polar surface area (TPSA) is 15.3 Å². The third-order valence-corrected chi connectivity index (χ3v) is 4.39. The summed E-state index contributed by atoms with van der Waals surface area (Å²) in [5.41, 5.74) is 1.99. The van der Waals surface area contributed by atoms with Gasteiger partial charge >= 0.3 is 0 Å². The zero-order valence-electron chi connectivity index (χ0n) is 12.3. The number of benzene rings is 1. The molecule has 3 heteroatoms. The molecule has 1 aromatic carbocycles. The Balaban J connectivity index is 2.29. The average molecular weight is 264 g/mol. The molecule has 0 aliphatic carbocycles. The van der Waals surface area contributed by atoms with Crippen molar-refractivity contribution in [1.29, 1.82) is 0 Å². The van der Waals surface area contributed by atoms with Gasteiger partial charge in [0.05, 0.1) is 5.69 Å². The molecule has 1 fully saturated rings. The lowest BCUT2D eigenvalue weighted by Crippen LogP contribution is -2.50. The highest BCUT2D eigenvalue weighted by molar-refractivity contribution is 5.50. The van der Waals surface area contributed by atoms with Crippen LogP contribution in [0.2, 0.25) is 0 Å². The SMILES string of the molecule is CCC1(CC)CN(c2cc(C)ccc2F)CCCN1. The Bertz CT molecular complexity index is 427. The molecule has 19 heavy (non-hydrogen) atoms. The summed E-state index contributed by atoms with van der Waals surface area (Å²) in [5.74, 6) is -0.103. The molecule has 1 heterocycles. The highest BCUT2D eigenvalue weighted by Gasteiger charge is 2.31. The minimum Gasteiger partial charge on any atom is -0.367 e. The number of rotatable bonds is 3. The summed E-state index contributed by atoms with van der Waals surface area (Å²) in [6, 6.07) is 5.39. The van der Waals surface area contributed by atoms with Gasteiger partial charge in [0.2, 0.25) is 0 Å². The molecule has 106 valence electrons. The summed E-state index contributed by atoms with van der Waals surface area (Å²) < 4.78 is 14.1. The second-order valence-electron chi connectivity index (χ2n) is 5.64. The first-order chi connectivity index (χ1) is 9.10. The zero-order chi connectivity index (χ0) is 13.9. The molecular formula is C16H25FN2. The van der Waals surface area contributed by atoms with Gasteiger partial charge in [-0.25, -0.2) is 4.39 Å². The van der Waals surface area contributed by atoms with E-state index in [2.05, 4.69) is 24.1 Å². The van der Waals surface area contributed by atoms with E-state index in [0.29, 0.717) is 0 Å². The molecule has 2 rings (SSSR count). The maximum Gasteiger partial charge on any atom is 0.146 e. The number of hydrogen-bond donors (Lipinski definition) is 1. The van der Waals surface area contributed by atoms with E-state index < -0.39 is 0 Å². The Morgan fingerprint density at radius 3 is 2.74 bits per heavy atom. The van der Waals surface area contributed by atoms with Crippen molar-refractivity contribution in [3.63, 3.8) is 0 Å². The van der Waals surface area contributed by atoms with Crippen molar-refractivity contribution < 1.29 is 4.39 Å². The lowest BCUT2D eigenvalue weighted by atomic mass is 9.92. The number of aryl methyl sites for hydroxylation is 1. The Morgan fingerprint density at radius 1 is 1.32 bits per heavy atom. The van der Waals surface area contributed by atoms with Crippen LogP contribution in [-0.2, 0) is 0 Å². The van der Waals surface area contributed by atoms with Crippen molar-refractivity contribution in [2.45, 2.75) is 45.6 Å². The standard InChI is InChI=1S/C16H25FN2/c1-4-16(5-2)12-19(10-6-9-18-16)15-11-13(3)7-8-14(15)17/h7-8,11,18H,4-6,9-10,12H2,1-3H3. The summed E-state index contributed by atoms with van der Waals surface area (Å²) in [7, 11) is 0. The van der Waals surface area contributed by atoms with Gasteiger partial charge < -0.3 is 10.2 Å². The van der Waals surface area contributed by atoms with Crippen molar-refractivity contribution in [2.75, 3.05) is 24.5 Å². The van der Waals surface area contributed by atoms with Crippen LogP contribution in [0.5, 0.6) is 0 Å². The third kappa shape index (κ3) is 3.08. The van der Waals surface area contributed by atoms with E-state index >= 15 is 0 Å². The minimum atomic E-state index is -0.103. The molecule has 0 atom stereocenters. The predicted molar refractivity (Wildman–Crippen MR) is 79.3 cm³/mol. The van der Waals surface area contributed by atoms with Crippen LogP contribution in [-0.4, -0.2) is 25.2 Å². The first-order valence-electron chi connectivity index (χ1n) is 7.36. The van der Waals surface area contributed by atoms with Gasteiger partial charge in [-0.05, 0) is 50.4 Å². The minimum absolute atomic E-state index is 0.103. The van der Waals surface area contributed by atoms with Crippen molar-refractivity contribution in [3.8, 4) is 0 Å². The van der Waals surface area contributed by atoms with E-state index in [-0.39, 0.29) is 11.4 Å². The molecule has 0 radical (unpaired) electrons. The second-order valence-corrected chi connectivity index (χ2v) is 5.64. The summed E-state index contributed by atoms with van der Waals surface area (Å²) in [6.45, 7) is 9.28. The summed E-state index contributed by atoms with van der Waals surface area (Å²) in [4.78, 5) is 2.22. The normalized spacial score (nSPS) is 19.3. The van der Waals surface area contributed by atoms with Crippen LogP contribution in [0.4, 0.5) is 10.1 Å². The molecule has 1 aromatic rings. The fraction of sp³-hybridized carbons (Fsp3) is 0.625. The third-order valence-electron chi connectivity index (χ3n) is 4.39. The zero-order valence-corrected chi connectivity index (χ0v) is 12.3. The van der Waals surface area contributed by atoms with Crippen molar-refractivity contribution in [3.05, 3.63) is 29.6 Å². The molecule has 1 aliphatic heterocycles. The number of anilines is 1. The molecule has 0 spiro atoms. The van der Waals surface area contributed by atoms with Gasteiger partial charge in [0, 0.05) is 18.6 Å². The van der Waals surface area contributed by atoms with Crippen LogP contribution < -0.4 is 10.2 Å². The number of nitrogens with zero attached hydrogens (tertiary/aromatic N) is 1. The maximum absolute atomic E-state index is 14.1. The first kappa shape index (κ1) is 14.3. The molecule has 0 saturated carbocycles. The quantitative estimate of drug-likeness (QED) is 0.899. The van der Waals surface area contributed by atoms with Gasteiger partial charge in [0.25, 0.3) is 0 Å². The van der Waals surface area contributed by atoms with Crippen molar-refractivity contribution in [2.24, 2.45) is 0 Å². The molecule has 1 saturated heterocycles. The van der Waals surface area contributed by atoms with E-state index in [4.69, 9.17) is 0 Å². The van der Waals surface area contributed by atoms with E-state index in [1.54, 1.807) is 6.07 Å². The monoisotopic (exact) mass is 264 g/mol. The molecule has 1 aliphatic rings. The first-order valence-corrected chi connectivity index (χ1v) is 7.36. The Morgan fingerprint density at radius 2 is 2.05 bits per heavy atom.